The quantitative estimate of drug-likeness (QED) is 0.841. The van der Waals surface area contributed by atoms with Gasteiger partial charge < -0.3 is 10.0 Å². The fourth-order valence-corrected chi connectivity index (χ4v) is 1.80. The molecule has 3 heteroatoms. The molecule has 0 bridgehead atoms. The zero-order chi connectivity index (χ0) is 13.7. The van der Waals surface area contributed by atoms with Gasteiger partial charge in [0.05, 0.1) is 0 Å². The Morgan fingerprint density at radius 2 is 1.94 bits per heavy atom. The standard InChI is InChI=1S/C15H23NO2/c1-11(2)7-8-16(10-15(17)18)14-6-5-12(3)13(4)9-14/h5-6,9,11H,7-8,10H2,1-4H3,(H,17,18). The Morgan fingerprint density at radius 1 is 1.28 bits per heavy atom. The van der Waals surface area contributed by atoms with E-state index in [1.807, 2.05) is 11.0 Å². The van der Waals surface area contributed by atoms with Crippen molar-refractivity contribution in [3.8, 4) is 0 Å². The third-order valence-electron chi connectivity index (χ3n) is 3.16. The smallest absolute Gasteiger partial charge is 0.323 e. The first-order chi connectivity index (χ1) is 8.40. The normalized spacial score (nSPS) is 10.7. The summed E-state index contributed by atoms with van der Waals surface area (Å²) < 4.78 is 0. The van der Waals surface area contributed by atoms with Gasteiger partial charge in [-0.25, -0.2) is 0 Å². The Hall–Kier alpha value is -1.51. The zero-order valence-corrected chi connectivity index (χ0v) is 11.7. The minimum Gasteiger partial charge on any atom is -0.480 e. The van der Waals surface area contributed by atoms with Crippen LogP contribution in [0.3, 0.4) is 0 Å². The predicted octanol–water partition coefficient (Wildman–Crippen LogP) is 3.24. The van der Waals surface area contributed by atoms with Gasteiger partial charge in [-0.1, -0.05) is 19.9 Å². The summed E-state index contributed by atoms with van der Waals surface area (Å²) in [7, 11) is 0. The summed E-state index contributed by atoms with van der Waals surface area (Å²) in [5.74, 6) is -0.204. The molecule has 0 aliphatic rings. The maximum absolute atomic E-state index is 10.9. The summed E-state index contributed by atoms with van der Waals surface area (Å²) >= 11 is 0. The van der Waals surface area contributed by atoms with Gasteiger partial charge in [-0.3, -0.25) is 4.79 Å². The van der Waals surface area contributed by atoms with E-state index in [1.165, 1.54) is 11.1 Å². The van der Waals surface area contributed by atoms with Gasteiger partial charge in [-0.2, -0.15) is 0 Å². The molecule has 0 unspecified atom stereocenters. The number of hydrogen-bond donors (Lipinski definition) is 1. The van der Waals surface area contributed by atoms with Crippen molar-refractivity contribution in [2.75, 3.05) is 18.0 Å². The minimum atomic E-state index is -0.781. The van der Waals surface area contributed by atoms with Crippen molar-refractivity contribution in [3.05, 3.63) is 29.3 Å². The number of hydrogen-bond acceptors (Lipinski definition) is 2. The maximum atomic E-state index is 10.9. The molecule has 0 fully saturated rings. The molecule has 0 radical (unpaired) electrons. The van der Waals surface area contributed by atoms with Gasteiger partial charge in [0.2, 0.25) is 0 Å². The molecule has 0 aliphatic carbocycles. The van der Waals surface area contributed by atoms with E-state index in [0.29, 0.717) is 5.92 Å². The lowest BCUT2D eigenvalue weighted by Crippen LogP contribution is -2.31. The summed E-state index contributed by atoms with van der Waals surface area (Å²) in [6.45, 7) is 9.27. The molecule has 0 saturated carbocycles. The van der Waals surface area contributed by atoms with Crippen LogP contribution in [0.15, 0.2) is 18.2 Å². The van der Waals surface area contributed by atoms with Crippen LogP contribution in [0.2, 0.25) is 0 Å². The Balaban J connectivity index is 2.86. The van der Waals surface area contributed by atoms with E-state index < -0.39 is 5.97 Å². The molecular formula is C15H23NO2. The number of aliphatic carboxylic acids is 1. The van der Waals surface area contributed by atoms with Crippen molar-refractivity contribution >= 4 is 11.7 Å². The topological polar surface area (TPSA) is 40.5 Å². The predicted molar refractivity (Wildman–Crippen MR) is 75.2 cm³/mol. The maximum Gasteiger partial charge on any atom is 0.323 e. The molecule has 1 rings (SSSR count). The van der Waals surface area contributed by atoms with Gasteiger partial charge in [0.25, 0.3) is 0 Å². The number of aryl methyl sites for hydroxylation is 2. The summed E-state index contributed by atoms with van der Waals surface area (Å²) in [5.41, 5.74) is 3.44. The molecule has 0 atom stereocenters. The van der Waals surface area contributed by atoms with E-state index in [-0.39, 0.29) is 6.54 Å². The van der Waals surface area contributed by atoms with E-state index >= 15 is 0 Å². The molecule has 0 heterocycles. The molecule has 0 spiro atoms. The Kier molecular flexibility index (Phi) is 5.20. The fourth-order valence-electron chi connectivity index (χ4n) is 1.80. The van der Waals surface area contributed by atoms with Gasteiger partial charge in [0.1, 0.15) is 6.54 Å². The number of benzene rings is 1. The van der Waals surface area contributed by atoms with Gasteiger partial charge in [0, 0.05) is 12.2 Å². The van der Waals surface area contributed by atoms with Crippen molar-refractivity contribution < 1.29 is 9.90 Å². The highest BCUT2D eigenvalue weighted by Crippen LogP contribution is 2.19. The van der Waals surface area contributed by atoms with Crippen molar-refractivity contribution in [3.63, 3.8) is 0 Å². The van der Waals surface area contributed by atoms with Crippen LogP contribution in [0, 0.1) is 19.8 Å². The van der Waals surface area contributed by atoms with Crippen LogP contribution in [0.25, 0.3) is 0 Å². The lowest BCUT2D eigenvalue weighted by atomic mass is 10.1. The number of nitrogens with zero attached hydrogens (tertiary/aromatic N) is 1. The molecule has 1 N–H and O–H groups in total. The third-order valence-corrected chi connectivity index (χ3v) is 3.16. The third kappa shape index (κ3) is 4.40. The van der Waals surface area contributed by atoms with E-state index in [9.17, 15) is 4.79 Å². The molecule has 100 valence electrons. The van der Waals surface area contributed by atoms with Crippen LogP contribution in [-0.2, 0) is 4.79 Å². The summed E-state index contributed by atoms with van der Waals surface area (Å²) in [6.07, 6.45) is 1.00. The fraction of sp³-hybridized carbons (Fsp3) is 0.533. The highest BCUT2D eigenvalue weighted by molar-refractivity contribution is 5.73. The number of carboxylic acids is 1. The van der Waals surface area contributed by atoms with E-state index in [0.717, 1.165) is 18.7 Å². The van der Waals surface area contributed by atoms with Crippen LogP contribution in [0.1, 0.15) is 31.4 Å². The number of rotatable bonds is 6. The van der Waals surface area contributed by atoms with E-state index in [2.05, 4.69) is 39.8 Å². The molecule has 0 aliphatic heterocycles. The lowest BCUT2D eigenvalue weighted by Gasteiger charge is -2.24. The summed E-state index contributed by atoms with van der Waals surface area (Å²) in [5, 5.41) is 8.99. The first-order valence-corrected chi connectivity index (χ1v) is 6.44. The number of carboxylic acid groups (broad SMARTS) is 1. The second-order valence-electron chi connectivity index (χ2n) is 5.27. The van der Waals surface area contributed by atoms with Crippen LogP contribution < -0.4 is 4.90 Å². The Labute approximate surface area is 109 Å². The van der Waals surface area contributed by atoms with Gasteiger partial charge in [-0.05, 0) is 49.4 Å². The molecule has 1 aromatic rings. The first-order valence-electron chi connectivity index (χ1n) is 6.44. The van der Waals surface area contributed by atoms with Crippen LogP contribution in [-0.4, -0.2) is 24.2 Å². The second kappa shape index (κ2) is 6.43. The average molecular weight is 249 g/mol. The average Bonchev–Trinajstić information content (AvgIpc) is 2.27. The van der Waals surface area contributed by atoms with Crippen LogP contribution in [0.4, 0.5) is 5.69 Å². The van der Waals surface area contributed by atoms with Crippen molar-refractivity contribution in [2.24, 2.45) is 5.92 Å². The van der Waals surface area contributed by atoms with Crippen molar-refractivity contribution in [1.29, 1.82) is 0 Å². The van der Waals surface area contributed by atoms with E-state index in [4.69, 9.17) is 5.11 Å². The zero-order valence-electron chi connectivity index (χ0n) is 11.7. The Morgan fingerprint density at radius 3 is 2.44 bits per heavy atom. The molecule has 3 nitrogen and oxygen atoms in total. The first kappa shape index (κ1) is 14.6. The molecule has 18 heavy (non-hydrogen) atoms. The highest BCUT2D eigenvalue weighted by Gasteiger charge is 2.11. The second-order valence-corrected chi connectivity index (χ2v) is 5.27. The highest BCUT2D eigenvalue weighted by atomic mass is 16.4. The van der Waals surface area contributed by atoms with Gasteiger partial charge in [0.15, 0.2) is 0 Å². The van der Waals surface area contributed by atoms with Crippen LogP contribution in [0.5, 0.6) is 0 Å². The Bertz CT molecular complexity index is 413. The molecule has 0 amide bonds. The van der Waals surface area contributed by atoms with E-state index in [1.54, 1.807) is 0 Å². The number of anilines is 1. The molecule has 1 aromatic carbocycles. The van der Waals surface area contributed by atoms with Gasteiger partial charge in [-0.15, -0.1) is 0 Å². The molecule has 0 aromatic heterocycles. The van der Waals surface area contributed by atoms with Crippen molar-refractivity contribution in [2.45, 2.75) is 34.1 Å². The van der Waals surface area contributed by atoms with Crippen molar-refractivity contribution in [1.82, 2.24) is 0 Å². The minimum absolute atomic E-state index is 0.0647. The van der Waals surface area contributed by atoms with Crippen LogP contribution >= 0.6 is 0 Å². The molecular weight excluding hydrogens is 226 g/mol. The number of carbonyl (C=O) groups is 1. The SMILES string of the molecule is Cc1ccc(N(CCC(C)C)CC(=O)O)cc1C. The summed E-state index contributed by atoms with van der Waals surface area (Å²) in [4.78, 5) is 12.9. The largest absolute Gasteiger partial charge is 0.480 e. The van der Waals surface area contributed by atoms with Gasteiger partial charge >= 0.3 is 5.97 Å². The molecule has 0 saturated heterocycles. The lowest BCUT2D eigenvalue weighted by molar-refractivity contribution is -0.135. The monoisotopic (exact) mass is 249 g/mol. The summed E-state index contributed by atoms with van der Waals surface area (Å²) in [6, 6.07) is 6.12.